The van der Waals surface area contributed by atoms with Gasteiger partial charge in [-0.25, -0.2) is 9.48 Å². The fourth-order valence-corrected chi connectivity index (χ4v) is 1.94. The van der Waals surface area contributed by atoms with E-state index < -0.39 is 5.97 Å². The lowest BCUT2D eigenvalue weighted by molar-refractivity contribution is -0.136. The highest BCUT2D eigenvalue weighted by Gasteiger charge is 2.22. The normalized spacial score (nSPS) is 14.8. The highest BCUT2D eigenvalue weighted by molar-refractivity contribution is 5.88. The van der Waals surface area contributed by atoms with Crippen molar-refractivity contribution in [2.24, 2.45) is 0 Å². The molecule has 0 spiro atoms. The molecule has 1 aromatic rings. The van der Waals surface area contributed by atoms with E-state index >= 15 is 0 Å². The van der Waals surface area contributed by atoms with E-state index in [0.29, 0.717) is 32.0 Å². The van der Waals surface area contributed by atoms with Gasteiger partial charge in [-0.1, -0.05) is 17.9 Å². The van der Waals surface area contributed by atoms with Gasteiger partial charge in [0.1, 0.15) is 13.2 Å². The van der Waals surface area contributed by atoms with Gasteiger partial charge in [0.25, 0.3) is 0 Å². The third-order valence-electron chi connectivity index (χ3n) is 3.16. The molecule has 0 unspecified atom stereocenters. The van der Waals surface area contributed by atoms with E-state index in [1.165, 1.54) is 10.8 Å². The van der Waals surface area contributed by atoms with Crippen LogP contribution in [-0.4, -0.2) is 64.7 Å². The van der Waals surface area contributed by atoms with Crippen molar-refractivity contribution >= 4 is 11.9 Å². The Kier molecular flexibility index (Phi) is 5.04. The van der Waals surface area contributed by atoms with Gasteiger partial charge in [0, 0.05) is 13.1 Å². The van der Waals surface area contributed by atoms with Crippen LogP contribution in [0.25, 0.3) is 0 Å². The van der Waals surface area contributed by atoms with E-state index in [9.17, 15) is 9.59 Å². The number of ether oxygens (including phenoxy) is 2. The molecule has 0 bridgehead atoms. The maximum atomic E-state index is 12.1. The van der Waals surface area contributed by atoms with Crippen molar-refractivity contribution in [2.75, 3.05) is 32.9 Å². The van der Waals surface area contributed by atoms with Gasteiger partial charge in [-0.3, -0.25) is 4.79 Å². The predicted octanol–water partition coefficient (Wildman–Crippen LogP) is -0.212. The summed E-state index contributed by atoms with van der Waals surface area (Å²) in [6, 6.07) is 0. The van der Waals surface area contributed by atoms with Crippen LogP contribution in [0.3, 0.4) is 0 Å². The van der Waals surface area contributed by atoms with Crippen molar-refractivity contribution in [1.82, 2.24) is 19.9 Å². The van der Waals surface area contributed by atoms with Gasteiger partial charge >= 0.3 is 5.97 Å². The summed E-state index contributed by atoms with van der Waals surface area (Å²) in [5, 5.41) is 7.62. The van der Waals surface area contributed by atoms with Gasteiger partial charge in [-0.05, 0) is 6.92 Å². The maximum Gasteiger partial charge on any atom is 0.361 e. The average Bonchev–Trinajstić information content (AvgIpc) is 2.87. The summed E-state index contributed by atoms with van der Waals surface area (Å²) in [6.45, 7) is 7.53. The first-order valence-corrected chi connectivity index (χ1v) is 6.67. The van der Waals surface area contributed by atoms with E-state index in [0.717, 1.165) is 0 Å². The number of rotatable bonds is 5. The summed E-state index contributed by atoms with van der Waals surface area (Å²) >= 11 is 0. The topological polar surface area (TPSA) is 86.5 Å². The highest BCUT2D eigenvalue weighted by atomic mass is 16.5. The molecule has 1 aliphatic rings. The number of hydrogen-bond donors (Lipinski definition) is 0. The monoisotopic (exact) mass is 294 g/mol. The minimum Gasteiger partial charge on any atom is -0.457 e. The van der Waals surface area contributed by atoms with E-state index in [-0.39, 0.29) is 24.8 Å². The number of amides is 1. The molecule has 1 aromatic heterocycles. The van der Waals surface area contributed by atoms with Crippen LogP contribution in [0.4, 0.5) is 0 Å². The van der Waals surface area contributed by atoms with Gasteiger partial charge in [0.05, 0.1) is 18.9 Å². The lowest BCUT2D eigenvalue weighted by Gasteiger charge is -2.26. The van der Waals surface area contributed by atoms with Crippen LogP contribution in [0.2, 0.25) is 0 Å². The zero-order valence-electron chi connectivity index (χ0n) is 11.9. The summed E-state index contributed by atoms with van der Waals surface area (Å²) in [7, 11) is 0. The molecule has 8 nitrogen and oxygen atoms in total. The van der Waals surface area contributed by atoms with Crippen molar-refractivity contribution < 1.29 is 19.1 Å². The maximum absolute atomic E-state index is 12.1. The molecule has 8 heteroatoms. The molecule has 0 saturated carbocycles. The van der Waals surface area contributed by atoms with E-state index in [1.807, 2.05) is 0 Å². The molecular weight excluding hydrogens is 276 g/mol. The summed E-state index contributed by atoms with van der Waals surface area (Å²) < 4.78 is 11.5. The smallest absolute Gasteiger partial charge is 0.361 e. The van der Waals surface area contributed by atoms with Crippen molar-refractivity contribution in [3.05, 3.63) is 24.0 Å². The lowest BCUT2D eigenvalue weighted by Crippen LogP contribution is -2.42. The number of carbonyl (C=O) groups excluding carboxylic acids is 2. The van der Waals surface area contributed by atoms with Crippen molar-refractivity contribution in [3.8, 4) is 0 Å². The highest BCUT2D eigenvalue weighted by Crippen LogP contribution is 2.07. The van der Waals surface area contributed by atoms with Gasteiger partial charge < -0.3 is 14.4 Å². The third kappa shape index (κ3) is 3.66. The molecular formula is C13H18N4O4. The molecule has 0 aliphatic carbocycles. The molecule has 0 radical (unpaired) electrons. The molecule has 114 valence electrons. The first-order valence-electron chi connectivity index (χ1n) is 6.67. The Hall–Kier alpha value is -2.22. The predicted molar refractivity (Wildman–Crippen MR) is 72.6 cm³/mol. The van der Waals surface area contributed by atoms with Crippen molar-refractivity contribution in [2.45, 2.75) is 13.5 Å². The Morgan fingerprint density at radius 1 is 1.43 bits per heavy atom. The van der Waals surface area contributed by atoms with Crippen LogP contribution in [-0.2, 0) is 20.8 Å². The van der Waals surface area contributed by atoms with E-state index in [1.54, 1.807) is 11.8 Å². The van der Waals surface area contributed by atoms with E-state index in [4.69, 9.17) is 9.47 Å². The molecule has 1 saturated heterocycles. The Morgan fingerprint density at radius 2 is 2.14 bits per heavy atom. The SMILES string of the molecule is C=CCOC(=O)c1nnn(CC(=O)N2CCOCC2)c1C. The van der Waals surface area contributed by atoms with Crippen LogP contribution in [0, 0.1) is 6.92 Å². The number of aromatic nitrogens is 3. The Morgan fingerprint density at radius 3 is 2.81 bits per heavy atom. The molecule has 21 heavy (non-hydrogen) atoms. The Labute approximate surface area is 122 Å². The summed E-state index contributed by atoms with van der Waals surface area (Å²) in [5.74, 6) is -0.644. The van der Waals surface area contributed by atoms with Gasteiger partial charge in [-0.2, -0.15) is 0 Å². The van der Waals surface area contributed by atoms with Crippen LogP contribution in [0.15, 0.2) is 12.7 Å². The second kappa shape index (κ2) is 6.98. The second-order valence-electron chi connectivity index (χ2n) is 4.56. The number of carbonyl (C=O) groups is 2. The van der Waals surface area contributed by atoms with Crippen molar-refractivity contribution in [1.29, 1.82) is 0 Å². The van der Waals surface area contributed by atoms with Gasteiger partial charge in [-0.15, -0.1) is 5.10 Å². The number of morpholine rings is 1. The quantitative estimate of drug-likeness (QED) is 0.551. The molecule has 1 fully saturated rings. The summed E-state index contributed by atoms with van der Waals surface area (Å²) in [4.78, 5) is 25.6. The van der Waals surface area contributed by atoms with Crippen LogP contribution < -0.4 is 0 Å². The fourth-order valence-electron chi connectivity index (χ4n) is 1.94. The number of hydrogen-bond acceptors (Lipinski definition) is 6. The molecule has 0 N–H and O–H groups in total. The van der Waals surface area contributed by atoms with E-state index in [2.05, 4.69) is 16.9 Å². The first kappa shape index (κ1) is 15.2. The molecule has 1 amide bonds. The van der Waals surface area contributed by atoms with Crippen LogP contribution in [0.5, 0.6) is 0 Å². The Bertz CT molecular complexity index is 534. The average molecular weight is 294 g/mol. The zero-order valence-corrected chi connectivity index (χ0v) is 11.9. The molecule has 2 rings (SSSR count). The lowest BCUT2D eigenvalue weighted by atomic mass is 10.3. The second-order valence-corrected chi connectivity index (χ2v) is 4.56. The molecule has 0 aromatic carbocycles. The minimum absolute atomic E-state index is 0.0492. The minimum atomic E-state index is -0.572. The molecule has 0 atom stereocenters. The van der Waals surface area contributed by atoms with Gasteiger partial charge in [0.2, 0.25) is 5.91 Å². The van der Waals surface area contributed by atoms with Crippen molar-refractivity contribution in [3.63, 3.8) is 0 Å². The summed E-state index contributed by atoms with van der Waals surface area (Å²) in [6.07, 6.45) is 1.47. The van der Waals surface area contributed by atoms with Crippen LogP contribution >= 0.6 is 0 Å². The summed E-state index contributed by atoms with van der Waals surface area (Å²) in [5.41, 5.74) is 0.622. The third-order valence-corrected chi connectivity index (χ3v) is 3.16. The van der Waals surface area contributed by atoms with Gasteiger partial charge in [0.15, 0.2) is 5.69 Å². The van der Waals surface area contributed by atoms with Crippen LogP contribution in [0.1, 0.15) is 16.2 Å². The number of nitrogens with zero attached hydrogens (tertiary/aromatic N) is 4. The molecule has 1 aliphatic heterocycles. The zero-order chi connectivity index (χ0) is 15.2. The largest absolute Gasteiger partial charge is 0.457 e. The number of esters is 1. The fraction of sp³-hybridized carbons (Fsp3) is 0.538. The molecule has 2 heterocycles. The Balaban J connectivity index is 2.00. The standard InChI is InChI=1S/C13H18N4O4/c1-3-6-21-13(19)12-10(2)17(15-14-12)9-11(18)16-4-7-20-8-5-16/h3H,1,4-9H2,2H3. The first-order chi connectivity index (χ1) is 10.1.